The van der Waals surface area contributed by atoms with Crippen LogP contribution in [-0.4, -0.2) is 18.2 Å². The molecule has 0 amide bonds. The normalized spacial score (nSPS) is 14.7. The average Bonchev–Trinajstić information content (AvgIpc) is 3.07. The highest BCUT2D eigenvalue weighted by molar-refractivity contribution is 14.1. The van der Waals surface area contributed by atoms with E-state index in [0.717, 1.165) is 39.3 Å². The molecule has 0 saturated heterocycles. The number of benzene rings is 1. The number of ether oxygens (including phenoxy) is 2. The molecule has 0 aliphatic heterocycles. The van der Waals surface area contributed by atoms with E-state index in [4.69, 9.17) is 9.47 Å². The third-order valence-corrected chi connectivity index (χ3v) is 4.66. The highest BCUT2D eigenvalue weighted by Crippen LogP contribution is 2.32. The van der Waals surface area contributed by atoms with Crippen molar-refractivity contribution in [2.75, 3.05) is 12.4 Å². The molecule has 1 heterocycles. The van der Waals surface area contributed by atoms with E-state index in [1.54, 1.807) is 7.11 Å². The molecule has 122 valence electrons. The fourth-order valence-corrected chi connectivity index (χ4v) is 3.10. The number of hydrogen-bond acceptors (Lipinski definition) is 4. The van der Waals surface area contributed by atoms with Gasteiger partial charge in [0.05, 0.1) is 13.2 Å². The van der Waals surface area contributed by atoms with E-state index in [2.05, 4.69) is 45.0 Å². The van der Waals surface area contributed by atoms with Crippen LogP contribution in [0.25, 0.3) is 0 Å². The molecule has 0 unspecified atom stereocenters. The molecule has 1 fully saturated rings. The van der Waals surface area contributed by atoms with Gasteiger partial charge in [-0.2, -0.15) is 0 Å². The fourth-order valence-electron chi connectivity index (χ4n) is 2.78. The summed E-state index contributed by atoms with van der Waals surface area (Å²) in [6.07, 6.45) is 6.96. The molecule has 0 bridgehead atoms. The molecule has 2 aromatic rings. The van der Waals surface area contributed by atoms with E-state index in [-0.39, 0.29) is 0 Å². The van der Waals surface area contributed by atoms with Gasteiger partial charge in [-0.25, -0.2) is 4.98 Å². The first-order valence-corrected chi connectivity index (χ1v) is 9.01. The van der Waals surface area contributed by atoms with Gasteiger partial charge in [0.25, 0.3) is 0 Å². The standard InChI is InChI=1S/C18H21IN2O2/c1-22-16-8-6-13(10-17(16)23-15-4-2-3-5-15)11-20-18-9-7-14(19)12-21-18/h6-10,12,15H,2-5,11H2,1H3,(H,20,21). The van der Waals surface area contributed by atoms with Crippen LogP contribution < -0.4 is 14.8 Å². The number of halogens is 1. The van der Waals surface area contributed by atoms with E-state index in [1.165, 1.54) is 12.8 Å². The van der Waals surface area contributed by atoms with Crippen LogP contribution >= 0.6 is 22.6 Å². The Morgan fingerprint density at radius 3 is 2.70 bits per heavy atom. The van der Waals surface area contributed by atoms with Crippen molar-refractivity contribution in [3.63, 3.8) is 0 Å². The van der Waals surface area contributed by atoms with Crippen LogP contribution in [0.15, 0.2) is 36.5 Å². The summed E-state index contributed by atoms with van der Waals surface area (Å²) in [6, 6.07) is 10.1. The summed E-state index contributed by atoms with van der Waals surface area (Å²) in [4.78, 5) is 4.36. The Kier molecular flexibility index (Phi) is 5.59. The van der Waals surface area contributed by atoms with Crippen molar-refractivity contribution in [1.82, 2.24) is 4.98 Å². The van der Waals surface area contributed by atoms with Gasteiger partial charge in [-0.15, -0.1) is 0 Å². The lowest BCUT2D eigenvalue weighted by Crippen LogP contribution is -2.12. The highest BCUT2D eigenvalue weighted by atomic mass is 127. The third kappa shape index (κ3) is 4.50. The number of rotatable bonds is 6. The van der Waals surface area contributed by atoms with Crippen LogP contribution in [0.1, 0.15) is 31.2 Å². The van der Waals surface area contributed by atoms with E-state index in [9.17, 15) is 0 Å². The Morgan fingerprint density at radius 1 is 1.17 bits per heavy atom. The number of anilines is 1. The lowest BCUT2D eigenvalue weighted by atomic mass is 10.2. The number of hydrogen-bond donors (Lipinski definition) is 1. The Hall–Kier alpha value is -1.50. The summed E-state index contributed by atoms with van der Waals surface area (Å²) in [7, 11) is 1.68. The van der Waals surface area contributed by atoms with E-state index < -0.39 is 0 Å². The second-order valence-corrected chi connectivity index (χ2v) is 6.97. The van der Waals surface area contributed by atoms with Crippen molar-refractivity contribution in [1.29, 1.82) is 0 Å². The summed E-state index contributed by atoms with van der Waals surface area (Å²) >= 11 is 2.25. The SMILES string of the molecule is COc1ccc(CNc2ccc(I)cn2)cc1OC1CCCC1. The molecule has 4 nitrogen and oxygen atoms in total. The summed E-state index contributed by atoms with van der Waals surface area (Å²) in [5.74, 6) is 2.52. The molecule has 1 N–H and O–H groups in total. The second kappa shape index (κ2) is 7.86. The molecule has 1 saturated carbocycles. The number of nitrogens with zero attached hydrogens (tertiary/aromatic N) is 1. The fraction of sp³-hybridized carbons (Fsp3) is 0.389. The maximum atomic E-state index is 6.14. The minimum absolute atomic E-state index is 0.324. The van der Waals surface area contributed by atoms with Gasteiger partial charge in [0.2, 0.25) is 0 Å². The van der Waals surface area contributed by atoms with E-state index in [0.29, 0.717) is 12.6 Å². The number of aromatic nitrogens is 1. The Bertz CT molecular complexity index is 640. The number of methoxy groups -OCH3 is 1. The predicted octanol–water partition coefficient (Wildman–Crippen LogP) is 4.63. The summed E-state index contributed by atoms with van der Waals surface area (Å²) in [6.45, 7) is 0.707. The Labute approximate surface area is 150 Å². The van der Waals surface area contributed by atoms with Crippen molar-refractivity contribution < 1.29 is 9.47 Å². The number of pyridine rings is 1. The third-order valence-electron chi connectivity index (χ3n) is 4.02. The zero-order valence-electron chi connectivity index (χ0n) is 13.2. The van der Waals surface area contributed by atoms with Crippen molar-refractivity contribution in [2.24, 2.45) is 0 Å². The van der Waals surface area contributed by atoms with Gasteiger partial charge in [0.1, 0.15) is 5.82 Å². The van der Waals surface area contributed by atoms with Crippen molar-refractivity contribution in [2.45, 2.75) is 38.3 Å². The quantitative estimate of drug-likeness (QED) is 0.687. The minimum Gasteiger partial charge on any atom is -0.493 e. The predicted molar refractivity (Wildman–Crippen MR) is 100 cm³/mol. The van der Waals surface area contributed by atoms with Crippen LogP contribution in [0.3, 0.4) is 0 Å². The van der Waals surface area contributed by atoms with Crippen LogP contribution in [0.2, 0.25) is 0 Å². The molecule has 1 aliphatic rings. The summed E-state index contributed by atoms with van der Waals surface area (Å²) < 4.78 is 12.7. The Morgan fingerprint density at radius 2 is 2.00 bits per heavy atom. The zero-order valence-corrected chi connectivity index (χ0v) is 15.4. The molecule has 1 aliphatic carbocycles. The molecule has 0 atom stereocenters. The largest absolute Gasteiger partial charge is 0.493 e. The topological polar surface area (TPSA) is 43.4 Å². The second-order valence-electron chi connectivity index (χ2n) is 5.72. The van der Waals surface area contributed by atoms with Gasteiger partial charge in [0.15, 0.2) is 11.5 Å². The molecular weight excluding hydrogens is 403 g/mol. The monoisotopic (exact) mass is 424 g/mol. The van der Waals surface area contributed by atoms with Gasteiger partial charge in [-0.1, -0.05) is 6.07 Å². The van der Waals surface area contributed by atoms with Gasteiger partial charge >= 0.3 is 0 Å². The maximum absolute atomic E-state index is 6.14. The van der Waals surface area contributed by atoms with Crippen LogP contribution in [-0.2, 0) is 6.54 Å². The van der Waals surface area contributed by atoms with Gasteiger partial charge in [-0.3, -0.25) is 0 Å². The average molecular weight is 424 g/mol. The van der Waals surface area contributed by atoms with E-state index >= 15 is 0 Å². The first-order valence-electron chi connectivity index (χ1n) is 7.93. The Balaban J connectivity index is 1.67. The molecule has 1 aromatic heterocycles. The van der Waals surface area contributed by atoms with Crippen molar-refractivity contribution in [3.05, 3.63) is 45.7 Å². The number of nitrogens with one attached hydrogen (secondary N) is 1. The minimum atomic E-state index is 0.324. The van der Waals surface area contributed by atoms with Crippen molar-refractivity contribution in [3.8, 4) is 11.5 Å². The molecule has 3 rings (SSSR count). The van der Waals surface area contributed by atoms with Crippen LogP contribution in [0, 0.1) is 3.57 Å². The first-order chi connectivity index (χ1) is 11.2. The molecule has 0 radical (unpaired) electrons. The maximum Gasteiger partial charge on any atom is 0.161 e. The highest BCUT2D eigenvalue weighted by Gasteiger charge is 2.18. The van der Waals surface area contributed by atoms with Crippen molar-refractivity contribution >= 4 is 28.4 Å². The zero-order chi connectivity index (χ0) is 16.1. The molecule has 1 aromatic carbocycles. The molecule has 5 heteroatoms. The van der Waals surface area contributed by atoms with E-state index in [1.807, 2.05) is 24.4 Å². The lowest BCUT2D eigenvalue weighted by molar-refractivity contribution is 0.200. The van der Waals surface area contributed by atoms with Gasteiger partial charge < -0.3 is 14.8 Å². The lowest BCUT2D eigenvalue weighted by Gasteiger charge is -2.17. The van der Waals surface area contributed by atoms with Gasteiger partial charge in [-0.05, 0) is 78.1 Å². The summed E-state index contributed by atoms with van der Waals surface area (Å²) in [5, 5.41) is 3.34. The van der Waals surface area contributed by atoms with Gasteiger partial charge in [0, 0.05) is 16.3 Å². The molecule has 23 heavy (non-hydrogen) atoms. The molecular formula is C18H21IN2O2. The summed E-state index contributed by atoms with van der Waals surface area (Å²) in [5.41, 5.74) is 1.15. The smallest absolute Gasteiger partial charge is 0.161 e. The molecule has 0 spiro atoms. The van der Waals surface area contributed by atoms with Crippen LogP contribution in [0.5, 0.6) is 11.5 Å². The van der Waals surface area contributed by atoms with Crippen LogP contribution in [0.4, 0.5) is 5.82 Å². The first kappa shape index (κ1) is 16.4.